The van der Waals surface area contributed by atoms with E-state index in [1.807, 2.05) is 54.6 Å². The van der Waals surface area contributed by atoms with Crippen LogP contribution in [0.15, 0.2) is 54.6 Å². The van der Waals surface area contributed by atoms with Crippen molar-refractivity contribution >= 4 is 12.1 Å². The molecular formula is C20H22O5. The molecule has 0 spiro atoms. The molecule has 0 aromatic heterocycles. The highest BCUT2D eigenvalue weighted by atomic mass is 16.7. The van der Waals surface area contributed by atoms with E-state index in [1.165, 1.54) is 7.11 Å². The molecule has 0 atom stereocenters. The number of hydrogen-bond acceptors (Lipinski definition) is 5. The van der Waals surface area contributed by atoms with Crippen molar-refractivity contribution in [1.82, 2.24) is 0 Å². The van der Waals surface area contributed by atoms with E-state index in [2.05, 4.69) is 4.74 Å². The first-order chi connectivity index (χ1) is 12.2. The van der Waals surface area contributed by atoms with E-state index in [9.17, 15) is 9.59 Å². The average Bonchev–Trinajstić information content (AvgIpc) is 2.64. The summed E-state index contributed by atoms with van der Waals surface area (Å²) in [5.41, 5.74) is 2.91. The van der Waals surface area contributed by atoms with Gasteiger partial charge in [-0.2, -0.15) is 0 Å². The van der Waals surface area contributed by atoms with Gasteiger partial charge < -0.3 is 14.2 Å². The van der Waals surface area contributed by atoms with Crippen LogP contribution < -0.4 is 0 Å². The molecule has 0 N–H and O–H groups in total. The molecule has 0 heterocycles. The number of benzene rings is 2. The molecule has 0 bridgehead atoms. The van der Waals surface area contributed by atoms with Crippen molar-refractivity contribution in [3.05, 3.63) is 71.3 Å². The number of methoxy groups -OCH3 is 1. The molecule has 0 aliphatic carbocycles. The molecule has 25 heavy (non-hydrogen) atoms. The summed E-state index contributed by atoms with van der Waals surface area (Å²) in [7, 11) is 1.38. The molecule has 2 rings (SSSR count). The Hall–Kier alpha value is -2.82. The predicted molar refractivity (Wildman–Crippen MR) is 93.1 cm³/mol. The lowest BCUT2D eigenvalue weighted by molar-refractivity contribution is -0.139. The van der Waals surface area contributed by atoms with Crippen LogP contribution in [0.2, 0.25) is 0 Å². The molecule has 132 valence electrons. The van der Waals surface area contributed by atoms with E-state index in [-0.39, 0.29) is 25.6 Å². The Morgan fingerprint density at radius 1 is 0.880 bits per heavy atom. The monoisotopic (exact) mass is 342 g/mol. The third-order valence-electron chi connectivity index (χ3n) is 3.60. The normalized spacial score (nSPS) is 10.1. The number of ether oxygens (including phenoxy) is 3. The summed E-state index contributed by atoms with van der Waals surface area (Å²) in [5, 5.41) is 0. The third kappa shape index (κ3) is 7.08. The van der Waals surface area contributed by atoms with Crippen LogP contribution in [0.3, 0.4) is 0 Å². The zero-order chi connectivity index (χ0) is 17.9. The number of rotatable bonds is 8. The van der Waals surface area contributed by atoms with Crippen LogP contribution in [0.5, 0.6) is 0 Å². The Balaban J connectivity index is 1.66. The number of hydrogen-bond donors (Lipinski definition) is 0. The first kappa shape index (κ1) is 18.5. The predicted octanol–water partition coefficient (Wildman–Crippen LogP) is 3.69. The summed E-state index contributed by atoms with van der Waals surface area (Å²) in [6.07, 6.45) is 1.03. The van der Waals surface area contributed by atoms with Crippen molar-refractivity contribution in [2.75, 3.05) is 13.7 Å². The van der Waals surface area contributed by atoms with E-state index in [4.69, 9.17) is 9.47 Å². The van der Waals surface area contributed by atoms with Gasteiger partial charge in [0.1, 0.15) is 6.61 Å². The fraction of sp³-hybridized carbons (Fsp3) is 0.300. The molecule has 2 aromatic carbocycles. The minimum Gasteiger partial charge on any atom is -0.469 e. The maximum Gasteiger partial charge on any atom is 0.508 e. The van der Waals surface area contributed by atoms with Gasteiger partial charge in [0.15, 0.2) is 0 Å². The molecule has 5 nitrogen and oxygen atoms in total. The summed E-state index contributed by atoms with van der Waals surface area (Å²) in [5.74, 6) is -0.262. The Kier molecular flexibility index (Phi) is 7.50. The molecule has 5 heteroatoms. The number of carbonyl (C=O) groups excluding carboxylic acids is 2. The van der Waals surface area contributed by atoms with Gasteiger partial charge in [-0.05, 0) is 29.5 Å². The lowest BCUT2D eigenvalue weighted by atomic mass is 10.0. The van der Waals surface area contributed by atoms with Crippen LogP contribution in [-0.2, 0) is 38.5 Å². The highest BCUT2D eigenvalue weighted by Gasteiger charge is 2.06. The first-order valence-corrected chi connectivity index (χ1v) is 8.15. The highest BCUT2D eigenvalue weighted by molar-refractivity contribution is 5.72. The van der Waals surface area contributed by atoms with E-state index in [0.717, 1.165) is 23.1 Å². The second-order valence-electron chi connectivity index (χ2n) is 5.55. The topological polar surface area (TPSA) is 61.8 Å². The van der Waals surface area contributed by atoms with Crippen molar-refractivity contribution in [3.63, 3.8) is 0 Å². The summed E-state index contributed by atoms with van der Waals surface area (Å²) < 4.78 is 14.8. The standard InChI is InChI=1S/C20H22O5/c1-23-19(21)14-18-10-5-9-16(13-18)11-6-12-24-20(22)25-15-17-7-3-2-4-8-17/h2-5,7-10,13H,6,11-12,14-15H2,1H3. The zero-order valence-electron chi connectivity index (χ0n) is 14.3. The molecule has 0 saturated heterocycles. The molecule has 0 aliphatic heterocycles. The van der Waals surface area contributed by atoms with Gasteiger partial charge in [0.25, 0.3) is 0 Å². The molecule has 0 saturated carbocycles. The minimum absolute atomic E-state index is 0.204. The van der Waals surface area contributed by atoms with Gasteiger partial charge in [-0.15, -0.1) is 0 Å². The van der Waals surface area contributed by atoms with Crippen molar-refractivity contribution in [1.29, 1.82) is 0 Å². The lowest BCUT2D eigenvalue weighted by Crippen LogP contribution is -2.09. The Morgan fingerprint density at radius 2 is 1.60 bits per heavy atom. The summed E-state index contributed by atoms with van der Waals surface area (Å²) in [4.78, 5) is 22.8. The van der Waals surface area contributed by atoms with Gasteiger partial charge in [0.05, 0.1) is 20.1 Å². The van der Waals surface area contributed by atoms with Crippen LogP contribution >= 0.6 is 0 Å². The van der Waals surface area contributed by atoms with Crippen LogP contribution in [0.1, 0.15) is 23.1 Å². The van der Waals surface area contributed by atoms with Gasteiger partial charge in [0.2, 0.25) is 0 Å². The van der Waals surface area contributed by atoms with E-state index in [0.29, 0.717) is 6.42 Å². The van der Waals surface area contributed by atoms with Crippen molar-refractivity contribution in [2.24, 2.45) is 0 Å². The Labute approximate surface area is 147 Å². The average molecular weight is 342 g/mol. The summed E-state index contributed by atoms with van der Waals surface area (Å²) in [6.45, 7) is 0.490. The molecular weight excluding hydrogens is 320 g/mol. The van der Waals surface area contributed by atoms with Crippen molar-refractivity contribution in [3.8, 4) is 0 Å². The lowest BCUT2D eigenvalue weighted by Gasteiger charge is -2.07. The zero-order valence-corrected chi connectivity index (χ0v) is 14.3. The maximum atomic E-state index is 11.5. The Bertz CT molecular complexity index is 681. The molecule has 0 radical (unpaired) electrons. The van der Waals surface area contributed by atoms with Crippen LogP contribution in [0.25, 0.3) is 0 Å². The van der Waals surface area contributed by atoms with Crippen LogP contribution in [-0.4, -0.2) is 25.8 Å². The molecule has 2 aromatic rings. The van der Waals surface area contributed by atoms with E-state index < -0.39 is 6.16 Å². The van der Waals surface area contributed by atoms with Crippen molar-refractivity contribution in [2.45, 2.75) is 25.9 Å². The van der Waals surface area contributed by atoms with Crippen molar-refractivity contribution < 1.29 is 23.8 Å². The maximum absolute atomic E-state index is 11.5. The highest BCUT2D eigenvalue weighted by Crippen LogP contribution is 2.09. The van der Waals surface area contributed by atoms with E-state index in [1.54, 1.807) is 0 Å². The quantitative estimate of drug-likeness (QED) is 0.541. The minimum atomic E-state index is -0.664. The van der Waals surface area contributed by atoms with Gasteiger partial charge >= 0.3 is 12.1 Å². The van der Waals surface area contributed by atoms with Crippen LogP contribution in [0, 0.1) is 0 Å². The fourth-order valence-electron chi connectivity index (χ4n) is 2.32. The number of aryl methyl sites for hydroxylation is 1. The second kappa shape index (κ2) is 10.1. The largest absolute Gasteiger partial charge is 0.508 e. The number of esters is 1. The van der Waals surface area contributed by atoms with E-state index >= 15 is 0 Å². The van der Waals surface area contributed by atoms with Crippen LogP contribution in [0.4, 0.5) is 4.79 Å². The fourth-order valence-corrected chi connectivity index (χ4v) is 2.32. The SMILES string of the molecule is COC(=O)Cc1cccc(CCCOC(=O)OCc2ccccc2)c1. The number of carbonyl (C=O) groups is 2. The summed E-state index contributed by atoms with van der Waals surface area (Å²) >= 11 is 0. The molecule has 0 aliphatic rings. The second-order valence-corrected chi connectivity index (χ2v) is 5.55. The Morgan fingerprint density at radius 3 is 2.36 bits per heavy atom. The smallest absolute Gasteiger partial charge is 0.469 e. The molecule has 0 unspecified atom stereocenters. The summed E-state index contributed by atoms with van der Waals surface area (Å²) in [6, 6.07) is 17.2. The van der Waals surface area contributed by atoms with Gasteiger partial charge in [-0.3, -0.25) is 4.79 Å². The van der Waals surface area contributed by atoms with Gasteiger partial charge in [-0.25, -0.2) is 4.79 Å². The first-order valence-electron chi connectivity index (χ1n) is 8.15. The molecule has 0 amide bonds. The van der Waals surface area contributed by atoms with Gasteiger partial charge in [0, 0.05) is 0 Å². The van der Waals surface area contributed by atoms with Gasteiger partial charge in [-0.1, -0.05) is 54.6 Å². The molecule has 0 fully saturated rings. The third-order valence-corrected chi connectivity index (χ3v) is 3.60.